The van der Waals surface area contributed by atoms with Gasteiger partial charge < -0.3 is 10.1 Å². The molecule has 1 heterocycles. The number of hydrogen-bond donors (Lipinski definition) is 1. The van der Waals surface area contributed by atoms with Gasteiger partial charge in [-0.1, -0.05) is 6.07 Å². The zero-order chi connectivity index (χ0) is 21.1. The van der Waals surface area contributed by atoms with Crippen LogP contribution in [-0.4, -0.2) is 23.0 Å². The van der Waals surface area contributed by atoms with Crippen LogP contribution < -0.4 is 10.1 Å². The molecule has 1 amide bonds. The first kappa shape index (κ1) is 19.8. The number of nitrogens with one attached hydrogen (secondary N) is 1. The van der Waals surface area contributed by atoms with Gasteiger partial charge in [0, 0.05) is 23.2 Å². The summed E-state index contributed by atoms with van der Waals surface area (Å²) in [5, 5.41) is 12.9. The Morgan fingerprint density at radius 1 is 1.10 bits per heavy atom. The van der Waals surface area contributed by atoms with Crippen LogP contribution in [0.5, 0.6) is 5.75 Å². The van der Waals surface area contributed by atoms with Crippen LogP contribution in [0.3, 0.4) is 0 Å². The van der Waals surface area contributed by atoms with Crippen LogP contribution in [0.2, 0.25) is 0 Å². The highest BCUT2D eigenvalue weighted by atomic mass is 19.2. The van der Waals surface area contributed by atoms with Crippen LogP contribution >= 0.6 is 0 Å². The smallest absolute Gasteiger partial charge is 0.251 e. The number of hydrogen-bond acceptors (Lipinski definition) is 4. The van der Waals surface area contributed by atoms with Crippen molar-refractivity contribution in [2.24, 2.45) is 0 Å². The number of para-hydroxylation sites is 1. The Morgan fingerprint density at radius 2 is 1.90 bits per heavy atom. The molecular weight excluding hydrogens is 388 g/mol. The molecule has 0 aliphatic heterocycles. The van der Waals surface area contributed by atoms with Gasteiger partial charge in [-0.05, 0) is 62.1 Å². The molecule has 0 spiro atoms. The Labute approximate surface area is 172 Å². The van der Waals surface area contributed by atoms with E-state index in [1.54, 1.807) is 24.4 Å². The fourth-order valence-corrected chi connectivity index (χ4v) is 3.75. The van der Waals surface area contributed by atoms with E-state index in [2.05, 4.69) is 16.4 Å². The molecule has 5 nitrogen and oxygen atoms in total. The molecule has 7 heteroatoms. The summed E-state index contributed by atoms with van der Waals surface area (Å²) >= 11 is 0. The number of pyridine rings is 1. The minimum Gasteiger partial charge on any atom is -0.490 e. The summed E-state index contributed by atoms with van der Waals surface area (Å²) in [6, 6.07) is 12.4. The van der Waals surface area contributed by atoms with Crippen molar-refractivity contribution in [2.45, 2.75) is 37.8 Å². The van der Waals surface area contributed by atoms with Gasteiger partial charge in [-0.25, -0.2) is 8.78 Å². The molecule has 0 bridgehead atoms. The van der Waals surface area contributed by atoms with E-state index in [9.17, 15) is 18.8 Å². The summed E-state index contributed by atoms with van der Waals surface area (Å²) in [5.74, 6) is -1.74. The predicted molar refractivity (Wildman–Crippen MR) is 107 cm³/mol. The molecule has 1 aromatic heterocycles. The predicted octanol–water partition coefficient (Wildman–Crippen LogP) is 4.50. The number of fused-ring (bicyclic) bond motifs is 1. The molecule has 152 valence electrons. The first-order valence-electron chi connectivity index (χ1n) is 9.75. The molecule has 4 rings (SSSR count). The normalized spacial score (nSPS) is 18.6. The third-order valence-electron chi connectivity index (χ3n) is 5.34. The molecule has 2 aromatic carbocycles. The number of benzene rings is 2. The van der Waals surface area contributed by atoms with E-state index in [0.29, 0.717) is 29.7 Å². The molecular formula is C23H19F2N3O2. The highest BCUT2D eigenvalue weighted by Gasteiger charge is 2.25. The lowest BCUT2D eigenvalue weighted by molar-refractivity contribution is 0.0894. The van der Waals surface area contributed by atoms with E-state index >= 15 is 0 Å². The fraction of sp³-hybridized carbons (Fsp3) is 0.261. The van der Waals surface area contributed by atoms with Gasteiger partial charge in [-0.2, -0.15) is 5.26 Å². The van der Waals surface area contributed by atoms with Gasteiger partial charge >= 0.3 is 0 Å². The van der Waals surface area contributed by atoms with Gasteiger partial charge in [0.1, 0.15) is 11.8 Å². The molecule has 30 heavy (non-hydrogen) atoms. The number of aromatic nitrogens is 1. The second-order valence-electron chi connectivity index (χ2n) is 7.32. The number of nitrogens with zero attached hydrogens (tertiary/aromatic N) is 2. The Hall–Kier alpha value is -3.53. The van der Waals surface area contributed by atoms with Crippen LogP contribution in [0.15, 0.2) is 48.7 Å². The molecule has 0 saturated heterocycles. The van der Waals surface area contributed by atoms with E-state index in [1.165, 1.54) is 6.07 Å². The minimum atomic E-state index is -1.04. The lowest BCUT2D eigenvalue weighted by atomic mass is 9.92. The zero-order valence-corrected chi connectivity index (χ0v) is 16.1. The van der Waals surface area contributed by atoms with Crippen LogP contribution in [0, 0.1) is 23.0 Å². The van der Waals surface area contributed by atoms with Gasteiger partial charge in [-0.3, -0.25) is 9.78 Å². The molecule has 0 atom stereocenters. The van der Waals surface area contributed by atoms with Crippen molar-refractivity contribution >= 4 is 16.8 Å². The van der Waals surface area contributed by atoms with Crippen molar-refractivity contribution < 1.29 is 18.3 Å². The molecule has 1 fully saturated rings. The summed E-state index contributed by atoms with van der Waals surface area (Å²) < 4.78 is 32.6. The summed E-state index contributed by atoms with van der Waals surface area (Å²) in [4.78, 5) is 16.6. The Morgan fingerprint density at radius 3 is 2.63 bits per heavy atom. The van der Waals surface area contributed by atoms with Crippen molar-refractivity contribution in [3.8, 4) is 11.8 Å². The van der Waals surface area contributed by atoms with Crippen LogP contribution in [0.4, 0.5) is 8.78 Å². The van der Waals surface area contributed by atoms with Crippen molar-refractivity contribution in [2.75, 3.05) is 0 Å². The number of amides is 1. The average Bonchev–Trinajstić information content (AvgIpc) is 2.76. The van der Waals surface area contributed by atoms with E-state index in [4.69, 9.17) is 4.74 Å². The highest BCUT2D eigenvalue weighted by molar-refractivity contribution is 5.94. The summed E-state index contributed by atoms with van der Waals surface area (Å²) in [5.41, 5.74) is 1.22. The van der Waals surface area contributed by atoms with E-state index < -0.39 is 17.5 Å². The maximum atomic E-state index is 13.3. The fourth-order valence-electron chi connectivity index (χ4n) is 3.75. The lowest BCUT2D eigenvalue weighted by Gasteiger charge is -2.29. The SMILES string of the molecule is N#Cc1cccc2c(OC3CCC(NC(=O)c4ccc(F)c(F)c4)CC3)ccnc12. The standard InChI is InChI=1S/C23H19F2N3O2/c24-19-9-4-14(12-20(19)25)23(29)28-16-5-7-17(8-6-16)30-21-10-11-27-22-15(13-26)2-1-3-18(21)22/h1-4,9-12,16-17H,5-8H2,(H,28,29). The Kier molecular flexibility index (Phi) is 5.57. The molecule has 1 saturated carbocycles. The number of rotatable bonds is 4. The zero-order valence-electron chi connectivity index (χ0n) is 16.1. The monoisotopic (exact) mass is 407 g/mol. The largest absolute Gasteiger partial charge is 0.490 e. The molecule has 1 aliphatic rings. The Balaban J connectivity index is 1.37. The van der Waals surface area contributed by atoms with Crippen molar-refractivity contribution in [3.05, 3.63) is 71.4 Å². The number of nitriles is 1. The van der Waals surface area contributed by atoms with Gasteiger partial charge in [-0.15, -0.1) is 0 Å². The summed E-state index contributed by atoms with van der Waals surface area (Å²) in [6.07, 6.45) is 4.53. The first-order chi connectivity index (χ1) is 14.5. The number of carbonyl (C=O) groups excluding carboxylic acids is 1. The third-order valence-corrected chi connectivity index (χ3v) is 5.34. The second kappa shape index (κ2) is 8.46. The second-order valence-corrected chi connectivity index (χ2v) is 7.32. The topological polar surface area (TPSA) is 75.0 Å². The summed E-state index contributed by atoms with van der Waals surface area (Å²) in [6.45, 7) is 0. The lowest BCUT2D eigenvalue weighted by Crippen LogP contribution is -2.39. The van der Waals surface area contributed by atoms with Crippen LogP contribution in [-0.2, 0) is 0 Å². The number of ether oxygens (including phenoxy) is 1. The van der Waals surface area contributed by atoms with Crippen LogP contribution in [0.25, 0.3) is 10.9 Å². The average molecular weight is 407 g/mol. The maximum Gasteiger partial charge on any atom is 0.251 e. The minimum absolute atomic E-state index is 0.0160. The van der Waals surface area contributed by atoms with E-state index in [-0.39, 0.29) is 17.7 Å². The van der Waals surface area contributed by atoms with Crippen molar-refractivity contribution in [1.82, 2.24) is 10.3 Å². The van der Waals surface area contributed by atoms with Gasteiger partial charge in [0.25, 0.3) is 5.91 Å². The first-order valence-corrected chi connectivity index (χ1v) is 9.75. The van der Waals surface area contributed by atoms with Gasteiger partial charge in [0.2, 0.25) is 0 Å². The van der Waals surface area contributed by atoms with Gasteiger partial charge in [0.15, 0.2) is 11.6 Å². The quantitative estimate of drug-likeness (QED) is 0.691. The van der Waals surface area contributed by atoms with Gasteiger partial charge in [0.05, 0.1) is 17.2 Å². The molecule has 3 aromatic rings. The molecule has 0 unspecified atom stereocenters. The molecule has 1 N–H and O–H groups in total. The van der Waals surface area contributed by atoms with Crippen LogP contribution in [0.1, 0.15) is 41.6 Å². The maximum absolute atomic E-state index is 13.3. The molecule has 1 aliphatic carbocycles. The number of carbonyl (C=O) groups is 1. The van der Waals surface area contributed by atoms with Crippen molar-refractivity contribution in [3.63, 3.8) is 0 Å². The van der Waals surface area contributed by atoms with E-state index in [0.717, 1.165) is 30.4 Å². The highest BCUT2D eigenvalue weighted by Crippen LogP contribution is 2.30. The molecule has 0 radical (unpaired) electrons. The summed E-state index contributed by atoms with van der Waals surface area (Å²) in [7, 11) is 0. The van der Waals surface area contributed by atoms with Crippen molar-refractivity contribution in [1.29, 1.82) is 5.26 Å². The third kappa shape index (κ3) is 4.08. The Bertz CT molecular complexity index is 1130. The van der Waals surface area contributed by atoms with E-state index in [1.807, 2.05) is 6.07 Å². The number of halogens is 2.